The quantitative estimate of drug-likeness (QED) is 0.746. The molecule has 0 bridgehead atoms. The van der Waals surface area contributed by atoms with Crippen molar-refractivity contribution in [3.63, 3.8) is 0 Å². The maximum absolute atomic E-state index is 13.3. The van der Waals surface area contributed by atoms with Gasteiger partial charge in [-0.2, -0.15) is 9.78 Å². The molecule has 0 radical (unpaired) electrons. The van der Waals surface area contributed by atoms with Gasteiger partial charge in [-0.15, -0.1) is 0 Å². The Balaban J connectivity index is 2.07. The van der Waals surface area contributed by atoms with Crippen molar-refractivity contribution in [1.82, 2.24) is 9.78 Å². The molecule has 0 saturated heterocycles. The summed E-state index contributed by atoms with van der Waals surface area (Å²) < 4.78 is 19.6. The number of benzene rings is 2. The molecular formula is C17H13FN2O2. The summed E-state index contributed by atoms with van der Waals surface area (Å²) in [5, 5.41) is 4.31. The Bertz CT molecular complexity index is 857. The van der Waals surface area contributed by atoms with Crippen LogP contribution in [0.3, 0.4) is 0 Å². The molecule has 2 aromatic carbocycles. The molecule has 4 nitrogen and oxygen atoms in total. The minimum absolute atomic E-state index is 0.317. The molecule has 1 heterocycles. The SMILES string of the molecule is COc1ccc(-c2ccc(=O)n(-c3cccc(F)c3)n2)cc1. The fraction of sp³-hybridized carbons (Fsp3) is 0.0588. The first-order valence-corrected chi connectivity index (χ1v) is 6.68. The third-order valence-corrected chi connectivity index (χ3v) is 3.24. The van der Waals surface area contributed by atoms with Crippen molar-refractivity contribution in [2.75, 3.05) is 7.11 Å². The molecule has 3 rings (SSSR count). The molecule has 22 heavy (non-hydrogen) atoms. The first kappa shape index (κ1) is 14.0. The fourth-order valence-electron chi connectivity index (χ4n) is 2.12. The summed E-state index contributed by atoms with van der Waals surface area (Å²) in [6.45, 7) is 0. The van der Waals surface area contributed by atoms with Gasteiger partial charge in [-0.05, 0) is 48.5 Å². The molecule has 0 aliphatic rings. The standard InChI is InChI=1S/C17H13FN2O2/c1-22-15-7-5-12(6-8-15)16-9-10-17(21)20(19-16)14-4-2-3-13(18)11-14/h2-11H,1H3. The van der Waals surface area contributed by atoms with Gasteiger partial charge in [0.1, 0.15) is 11.6 Å². The van der Waals surface area contributed by atoms with Crippen molar-refractivity contribution in [1.29, 1.82) is 0 Å². The van der Waals surface area contributed by atoms with Crippen LogP contribution in [0.25, 0.3) is 16.9 Å². The lowest BCUT2D eigenvalue weighted by Gasteiger charge is -2.08. The van der Waals surface area contributed by atoms with Gasteiger partial charge in [0.25, 0.3) is 5.56 Å². The average molecular weight is 296 g/mol. The van der Waals surface area contributed by atoms with Crippen molar-refractivity contribution < 1.29 is 9.13 Å². The predicted molar refractivity (Wildman–Crippen MR) is 81.8 cm³/mol. The summed E-state index contributed by atoms with van der Waals surface area (Å²) in [5.74, 6) is 0.322. The van der Waals surface area contributed by atoms with E-state index in [1.54, 1.807) is 25.3 Å². The Kier molecular flexibility index (Phi) is 3.70. The monoisotopic (exact) mass is 296 g/mol. The van der Waals surface area contributed by atoms with Crippen LogP contribution in [-0.2, 0) is 0 Å². The zero-order valence-corrected chi connectivity index (χ0v) is 11.9. The van der Waals surface area contributed by atoms with Crippen molar-refractivity contribution in [3.05, 3.63) is 76.8 Å². The van der Waals surface area contributed by atoms with Crippen LogP contribution in [0.5, 0.6) is 5.75 Å². The molecule has 0 spiro atoms. The Morgan fingerprint density at radius 3 is 2.50 bits per heavy atom. The molecule has 0 fully saturated rings. The Labute approximate surface area is 126 Å². The van der Waals surface area contributed by atoms with Gasteiger partial charge in [0, 0.05) is 11.6 Å². The zero-order valence-electron chi connectivity index (χ0n) is 11.9. The van der Waals surface area contributed by atoms with E-state index >= 15 is 0 Å². The number of ether oxygens (including phenoxy) is 1. The summed E-state index contributed by atoms with van der Waals surface area (Å²) >= 11 is 0. The van der Waals surface area contributed by atoms with Crippen molar-refractivity contribution in [2.24, 2.45) is 0 Å². The van der Waals surface area contributed by atoms with Gasteiger partial charge in [-0.1, -0.05) is 6.07 Å². The normalized spacial score (nSPS) is 10.5. The number of hydrogen-bond donors (Lipinski definition) is 0. The molecule has 0 atom stereocenters. The van der Waals surface area contributed by atoms with Crippen molar-refractivity contribution >= 4 is 0 Å². The number of nitrogens with zero attached hydrogens (tertiary/aromatic N) is 2. The summed E-state index contributed by atoms with van der Waals surface area (Å²) in [6, 6.07) is 16.1. The van der Waals surface area contributed by atoms with Gasteiger partial charge in [-0.3, -0.25) is 4.79 Å². The second-order valence-corrected chi connectivity index (χ2v) is 4.68. The highest BCUT2D eigenvalue weighted by molar-refractivity contribution is 5.59. The minimum atomic E-state index is -0.416. The molecule has 5 heteroatoms. The number of rotatable bonds is 3. The number of hydrogen-bond acceptors (Lipinski definition) is 3. The van der Waals surface area contributed by atoms with E-state index in [4.69, 9.17) is 4.74 Å². The van der Waals surface area contributed by atoms with E-state index in [0.717, 1.165) is 11.3 Å². The highest BCUT2D eigenvalue weighted by Crippen LogP contribution is 2.20. The van der Waals surface area contributed by atoms with Gasteiger partial charge in [-0.25, -0.2) is 4.39 Å². The van der Waals surface area contributed by atoms with E-state index < -0.39 is 5.82 Å². The maximum Gasteiger partial charge on any atom is 0.271 e. The third-order valence-electron chi connectivity index (χ3n) is 3.24. The molecule has 3 aromatic rings. The van der Waals surface area contributed by atoms with Crippen molar-refractivity contribution in [2.45, 2.75) is 0 Å². The van der Waals surface area contributed by atoms with Gasteiger partial charge < -0.3 is 4.74 Å². The Morgan fingerprint density at radius 1 is 1.05 bits per heavy atom. The molecule has 1 aromatic heterocycles. The largest absolute Gasteiger partial charge is 0.497 e. The van der Waals surface area contributed by atoms with E-state index in [0.29, 0.717) is 11.4 Å². The van der Waals surface area contributed by atoms with E-state index in [1.165, 1.54) is 22.9 Å². The van der Waals surface area contributed by atoms with E-state index in [-0.39, 0.29) is 5.56 Å². The summed E-state index contributed by atoms with van der Waals surface area (Å²) in [7, 11) is 1.59. The van der Waals surface area contributed by atoms with E-state index in [1.807, 2.05) is 24.3 Å². The lowest BCUT2D eigenvalue weighted by Crippen LogP contribution is -2.20. The first-order valence-electron chi connectivity index (χ1n) is 6.68. The Hall–Kier alpha value is -2.95. The third kappa shape index (κ3) is 2.74. The lowest BCUT2D eigenvalue weighted by atomic mass is 10.1. The van der Waals surface area contributed by atoms with Gasteiger partial charge in [0.05, 0.1) is 18.5 Å². The molecule has 0 aliphatic carbocycles. The van der Waals surface area contributed by atoms with Crippen LogP contribution in [-0.4, -0.2) is 16.9 Å². The highest BCUT2D eigenvalue weighted by Gasteiger charge is 2.06. The average Bonchev–Trinajstić information content (AvgIpc) is 2.55. The zero-order chi connectivity index (χ0) is 15.5. The number of halogens is 1. The van der Waals surface area contributed by atoms with Crippen LogP contribution >= 0.6 is 0 Å². The molecule has 110 valence electrons. The summed E-state index contributed by atoms with van der Waals surface area (Å²) in [5.41, 5.74) is 1.53. The molecule has 0 N–H and O–H groups in total. The second kappa shape index (κ2) is 5.81. The first-order chi connectivity index (χ1) is 10.7. The molecule has 0 unspecified atom stereocenters. The van der Waals surface area contributed by atoms with E-state index in [2.05, 4.69) is 5.10 Å². The molecule has 0 saturated carbocycles. The molecular weight excluding hydrogens is 283 g/mol. The molecule has 0 aliphatic heterocycles. The van der Waals surface area contributed by atoms with Crippen LogP contribution in [0.4, 0.5) is 4.39 Å². The van der Waals surface area contributed by atoms with Crippen LogP contribution < -0.4 is 10.3 Å². The maximum atomic E-state index is 13.3. The van der Waals surface area contributed by atoms with Crippen LogP contribution in [0, 0.1) is 5.82 Å². The summed E-state index contributed by atoms with van der Waals surface area (Å²) in [4.78, 5) is 12.0. The highest BCUT2D eigenvalue weighted by atomic mass is 19.1. The topological polar surface area (TPSA) is 44.1 Å². The van der Waals surface area contributed by atoms with Gasteiger partial charge in [0.15, 0.2) is 0 Å². The van der Waals surface area contributed by atoms with Gasteiger partial charge in [0.2, 0.25) is 0 Å². The number of aromatic nitrogens is 2. The minimum Gasteiger partial charge on any atom is -0.497 e. The second-order valence-electron chi connectivity index (χ2n) is 4.68. The van der Waals surface area contributed by atoms with Crippen LogP contribution in [0.15, 0.2) is 65.5 Å². The van der Waals surface area contributed by atoms with Crippen LogP contribution in [0.1, 0.15) is 0 Å². The van der Waals surface area contributed by atoms with E-state index in [9.17, 15) is 9.18 Å². The Morgan fingerprint density at radius 2 is 1.82 bits per heavy atom. The van der Waals surface area contributed by atoms with Crippen LogP contribution in [0.2, 0.25) is 0 Å². The fourth-order valence-corrected chi connectivity index (χ4v) is 2.12. The van der Waals surface area contributed by atoms with Gasteiger partial charge >= 0.3 is 0 Å². The smallest absolute Gasteiger partial charge is 0.271 e. The molecule has 0 amide bonds. The van der Waals surface area contributed by atoms with Crippen molar-refractivity contribution in [3.8, 4) is 22.7 Å². The number of methoxy groups -OCH3 is 1. The summed E-state index contributed by atoms with van der Waals surface area (Å²) in [6.07, 6.45) is 0. The lowest BCUT2D eigenvalue weighted by molar-refractivity contribution is 0.415. The predicted octanol–water partition coefficient (Wildman–Crippen LogP) is 3.05.